The smallest absolute Gasteiger partial charge is 0.173 e. The molecule has 0 saturated carbocycles. The van der Waals surface area contributed by atoms with Crippen molar-refractivity contribution in [2.75, 3.05) is 38.0 Å². The van der Waals surface area contributed by atoms with Gasteiger partial charge in [0.2, 0.25) is 0 Å². The highest BCUT2D eigenvalue weighted by atomic mass is 32.1. The summed E-state index contributed by atoms with van der Waals surface area (Å²) in [6.45, 7) is 9.98. The van der Waals surface area contributed by atoms with E-state index in [0.29, 0.717) is 0 Å². The van der Waals surface area contributed by atoms with Gasteiger partial charge < -0.3 is 20.4 Å². The Hall–Kier alpha value is -2.67. The van der Waals surface area contributed by atoms with Gasteiger partial charge in [-0.25, -0.2) is 4.99 Å². The maximum Gasteiger partial charge on any atom is 0.173 e. The Kier molecular flexibility index (Phi) is 7.19. The van der Waals surface area contributed by atoms with Crippen LogP contribution >= 0.6 is 12.2 Å². The fraction of sp³-hybridized carbons (Fsp3) is 0.381. The molecule has 0 aliphatic carbocycles. The Bertz CT molecular complexity index is 790. The van der Waals surface area contributed by atoms with Crippen molar-refractivity contribution in [3.8, 4) is 0 Å². The van der Waals surface area contributed by atoms with Gasteiger partial charge in [-0.15, -0.1) is 0 Å². The zero-order chi connectivity index (χ0) is 19.8. The molecule has 0 radical (unpaired) electrons. The van der Waals surface area contributed by atoms with Crippen LogP contribution in [0.5, 0.6) is 0 Å². The van der Waals surface area contributed by atoms with E-state index >= 15 is 0 Å². The summed E-state index contributed by atoms with van der Waals surface area (Å²) in [4.78, 5) is 12.5. The fourth-order valence-corrected chi connectivity index (χ4v) is 3.69. The zero-order valence-electron chi connectivity index (χ0n) is 16.4. The van der Waals surface area contributed by atoms with Gasteiger partial charge in [-0.1, -0.05) is 18.2 Å². The monoisotopic (exact) mass is 396 g/mol. The number of hydrogen-bond acceptors (Lipinski definition) is 4. The van der Waals surface area contributed by atoms with Crippen LogP contribution in [0.15, 0.2) is 52.9 Å². The predicted octanol–water partition coefficient (Wildman–Crippen LogP) is 3.32. The number of piperazine rings is 1. The Morgan fingerprint density at radius 2 is 1.93 bits per heavy atom. The van der Waals surface area contributed by atoms with E-state index in [1.54, 1.807) is 12.4 Å². The van der Waals surface area contributed by atoms with E-state index in [-0.39, 0.29) is 0 Å². The second-order valence-electron chi connectivity index (χ2n) is 6.83. The van der Waals surface area contributed by atoms with Gasteiger partial charge in [0.25, 0.3) is 0 Å². The molecule has 0 aromatic heterocycles. The number of thiocarbonyl (C=S) groups is 1. The number of amidine groups is 1. The standard InChI is InChI=1S/C21H28N6S/c1-17(23-11-10-22-2)26-12-14-27(15-13-26)21(28)25-16-18-6-5-9-24-20-8-4-3-7-19(18)20/h3-4,7-8,10-11,16,24H,2,5-6,9,12-15H2,1H3,(H,25,28)/b11-10-,18-16-,23-17?. The van der Waals surface area contributed by atoms with E-state index in [1.807, 2.05) is 6.92 Å². The van der Waals surface area contributed by atoms with Crippen LogP contribution in [-0.4, -0.2) is 60.2 Å². The Balaban J connectivity index is 1.56. The van der Waals surface area contributed by atoms with Crippen molar-refractivity contribution in [2.24, 2.45) is 9.98 Å². The van der Waals surface area contributed by atoms with E-state index in [4.69, 9.17) is 12.2 Å². The first kappa shape index (κ1) is 20.1. The fourth-order valence-electron chi connectivity index (χ4n) is 3.45. The van der Waals surface area contributed by atoms with Crippen molar-refractivity contribution in [2.45, 2.75) is 19.8 Å². The Labute approximate surface area is 172 Å². The van der Waals surface area contributed by atoms with E-state index in [1.165, 1.54) is 16.8 Å². The molecular formula is C21H28N6S. The summed E-state index contributed by atoms with van der Waals surface area (Å²) >= 11 is 5.64. The first-order chi connectivity index (χ1) is 13.7. The second kappa shape index (κ2) is 10.0. The molecule has 1 saturated heterocycles. The Morgan fingerprint density at radius 1 is 1.18 bits per heavy atom. The lowest BCUT2D eigenvalue weighted by molar-refractivity contribution is 0.257. The van der Waals surface area contributed by atoms with E-state index in [0.717, 1.165) is 56.5 Å². The molecule has 148 valence electrons. The summed E-state index contributed by atoms with van der Waals surface area (Å²) < 4.78 is 0. The average molecular weight is 397 g/mol. The van der Waals surface area contributed by atoms with E-state index < -0.39 is 0 Å². The van der Waals surface area contributed by atoms with Gasteiger partial charge in [-0.05, 0) is 50.3 Å². The van der Waals surface area contributed by atoms with Crippen molar-refractivity contribution in [3.05, 3.63) is 48.4 Å². The molecule has 28 heavy (non-hydrogen) atoms. The second-order valence-corrected chi connectivity index (χ2v) is 7.21. The molecule has 0 spiro atoms. The molecule has 2 heterocycles. The number of allylic oxidation sites excluding steroid dienone is 1. The molecule has 2 aliphatic rings. The summed E-state index contributed by atoms with van der Waals surface area (Å²) in [6, 6.07) is 8.46. The lowest BCUT2D eigenvalue weighted by atomic mass is 10.0. The number of nitrogens with one attached hydrogen (secondary N) is 2. The van der Waals surface area contributed by atoms with Crippen LogP contribution in [0.3, 0.4) is 0 Å². The molecule has 6 nitrogen and oxygen atoms in total. The van der Waals surface area contributed by atoms with Crippen molar-refractivity contribution in [1.29, 1.82) is 0 Å². The number of benzene rings is 1. The molecule has 7 heteroatoms. The molecule has 0 unspecified atom stereocenters. The van der Waals surface area contributed by atoms with Crippen molar-refractivity contribution in [3.63, 3.8) is 0 Å². The van der Waals surface area contributed by atoms with Gasteiger partial charge in [0.15, 0.2) is 5.11 Å². The maximum absolute atomic E-state index is 5.64. The summed E-state index contributed by atoms with van der Waals surface area (Å²) in [7, 11) is 0. The number of hydrogen-bond donors (Lipinski definition) is 2. The number of fused-ring (bicyclic) bond motifs is 1. The van der Waals surface area contributed by atoms with E-state index in [9.17, 15) is 0 Å². The minimum atomic E-state index is 0.784. The number of nitrogens with zero attached hydrogens (tertiary/aromatic N) is 4. The zero-order valence-corrected chi connectivity index (χ0v) is 17.2. The highest BCUT2D eigenvalue weighted by molar-refractivity contribution is 7.80. The van der Waals surface area contributed by atoms with Gasteiger partial charge >= 0.3 is 0 Å². The topological polar surface area (TPSA) is 55.3 Å². The van der Waals surface area contributed by atoms with Crippen molar-refractivity contribution < 1.29 is 0 Å². The molecule has 0 amide bonds. The normalized spacial score (nSPS) is 19.2. The minimum absolute atomic E-state index is 0.784. The lowest BCUT2D eigenvalue weighted by Gasteiger charge is -2.36. The number of aliphatic imine (C=N–C) groups is 2. The summed E-state index contributed by atoms with van der Waals surface area (Å²) in [5, 5.41) is 7.65. The summed E-state index contributed by atoms with van der Waals surface area (Å²) in [6.07, 6.45) is 7.50. The predicted molar refractivity (Wildman–Crippen MR) is 123 cm³/mol. The highest BCUT2D eigenvalue weighted by Crippen LogP contribution is 2.29. The van der Waals surface area contributed by atoms with Gasteiger partial charge in [-0.3, -0.25) is 4.99 Å². The largest absolute Gasteiger partial charge is 0.385 e. The summed E-state index contributed by atoms with van der Waals surface area (Å²) in [5.41, 5.74) is 3.75. The van der Waals surface area contributed by atoms with Gasteiger partial charge in [0, 0.05) is 62.6 Å². The van der Waals surface area contributed by atoms with Crippen LogP contribution in [-0.2, 0) is 0 Å². The molecule has 0 bridgehead atoms. The van der Waals surface area contributed by atoms with Crippen LogP contribution < -0.4 is 10.6 Å². The number of anilines is 1. The van der Waals surface area contributed by atoms with Crippen LogP contribution in [0.4, 0.5) is 5.69 Å². The average Bonchev–Trinajstić information content (AvgIpc) is 2.94. The molecular weight excluding hydrogens is 368 g/mol. The van der Waals surface area contributed by atoms with Crippen LogP contribution in [0, 0.1) is 0 Å². The summed E-state index contributed by atoms with van der Waals surface area (Å²) in [5.74, 6) is 0.989. The Morgan fingerprint density at radius 3 is 2.71 bits per heavy atom. The third-order valence-corrected chi connectivity index (χ3v) is 5.42. The van der Waals surface area contributed by atoms with Gasteiger partial charge in [0.05, 0.1) is 0 Å². The minimum Gasteiger partial charge on any atom is -0.385 e. The first-order valence-corrected chi connectivity index (χ1v) is 10.1. The molecule has 2 N–H and O–H groups in total. The third kappa shape index (κ3) is 5.19. The lowest BCUT2D eigenvalue weighted by Crippen LogP contribution is -2.52. The number of para-hydroxylation sites is 1. The van der Waals surface area contributed by atoms with E-state index in [2.05, 4.69) is 67.6 Å². The number of rotatable bonds is 3. The van der Waals surface area contributed by atoms with Gasteiger partial charge in [-0.2, -0.15) is 0 Å². The first-order valence-electron chi connectivity index (χ1n) is 9.67. The molecule has 0 atom stereocenters. The van der Waals surface area contributed by atoms with Crippen LogP contribution in [0.1, 0.15) is 25.3 Å². The van der Waals surface area contributed by atoms with Gasteiger partial charge in [0.1, 0.15) is 5.84 Å². The quantitative estimate of drug-likeness (QED) is 0.466. The van der Waals surface area contributed by atoms with Crippen molar-refractivity contribution in [1.82, 2.24) is 15.1 Å². The molecule has 1 aromatic carbocycles. The molecule has 1 fully saturated rings. The molecule has 3 rings (SSSR count). The van der Waals surface area contributed by atoms with Crippen molar-refractivity contribution >= 4 is 41.1 Å². The third-order valence-electron chi connectivity index (χ3n) is 5.04. The maximum atomic E-state index is 5.64. The molecule has 1 aromatic rings. The van der Waals surface area contributed by atoms with Crippen LogP contribution in [0.25, 0.3) is 5.57 Å². The molecule has 2 aliphatic heterocycles. The SMILES string of the molecule is C=N/C=C\N=C(C)N1CCN(C(=S)N/C=C2/CCCNc3ccccc32)CC1. The highest BCUT2D eigenvalue weighted by Gasteiger charge is 2.19. The van der Waals surface area contributed by atoms with Crippen LogP contribution in [0.2, 0.25) is 0 Å².